The highest BCUT2D eigenvalue weighted by atomic mass is 16.5. The van der Waals surface area contributed by atoms with Crippen LogP contribution in [0.4, 0.5) is 4.79 Å². The lowest BCUT2D eigenvalue weighted by Crippen LogP contribution is -2.49. The Morgan fingerprint density at radius 2 is 1.96 bits per heavy atom. The van der Waals surface area contributed by atoms with Gasteiger partial charge in [-0.05, 0) is 31.4 Å². The fourth-order valence-corrected chi connectivity index (χ4v) is 2.69. The van der Waals surface area contributed by atoms with Gasteiger partial charge in [0.2, 0.25) is 0 Å². The standard InChI is InChI=1S/C17H25N3O3/c1-3-10-18-17(22)19-13-8-11-20(12-9-13)16(21)14-6-4-5-7-15(14)23-2/h4-7,13H,3,8-12H2,1-2H3,(H2,18,19,22). The predicted molar refractivity (Wildman–Crippen MR) is 88.7 cm³/mol. The molecule has 0 aliphatic carbocycles. The van der Waals surface area contributed by atoms with E-state index in [-0.39, 0.29) is 18.0 Å². The first-order valence-electron chi connectivity index (χ1n) is 8.12. The number of hydrogen-bond donors (Lipinski definition) is 2. The smallest absolute Gasteiger partial charge is 0.315 e. The van der Waals surface area contributed by atoms with Crippen molar-refractivity contribution in [3.63, 3.8) is 0 Å². The minimum atomic E-state index is -0.124. The Labute approximate surface area is 137 Å². The Morgan fingerprint density at radius 3 is 2.61 bits per heavy atom. The highest BCUT2D eigenvalue weighted by Crippen LogP contribution is 2.21. The monoisotopic (exact) mass is 319 g/mol. The highest BCUT2D eigenvalue weighted by Gasteiger charge is 2.25. The zero-order valence-corrected chi connectivity index (χ0v) is 13.8. The highest BCUT2D eigenvalue weighted by molar-refractivity contribution is 5.97. The van der Waals surface area contributed by atoms with Crippen LogP contribution in [0.3, 0.4) is 0 Å². The van der Waals surface area contributed by atoms with E-state index in [9.17, 15) is 9.59 Å². The van der Waals surface area contributed by atoms with Crippen molar-refractivity contribution in [2.24, 2.45) is 0 Å². The van der Waals surface area contributed by atoms with E-state index in [0.717, 1.165) is 19.3 Å². The number of urea groups is 1. The molecule has 1 saturated heterocycles. The van der Waals surface area contributed by atoms with Gasteiger partial charge in [-0.3, -0.25) is 4.79 Å². The third-order valence-electron chi connectivity index (χ3n) is 3.99. The molecule has 1 aliphatic rings. The van der Waals surface area contributed by atoms with E-state index in [1.165, 1.54) is 0 Å². The summed E-state index contributed by atoms with van der Waals surface area (Å²) in [5, 5.41) is 5.77. The topological polar surface area (TPSA) is 70.7 Å². The number of para-hydroxylation sites is 1. The lowest BCUT2D eigenvalue weighted by atomic mass is 10.0. The van der Waals surface area contributed by atoms with Crippen molar-refractivity contribution >= 4 is 11.9 Å². The van der Waals surface area contributed by atoms with Gasteiger partial charge < -0.3 is 20.3 Å². The second kappa shape index (κ2) is 8.41. The van der Waals surface area contributed by atoms with Crippen LogP contribution in [0.2, 0.25) is 0 Å². The molecule has 1 heterocycles. The number of piperidine rings is 1. The number of likely N-dealkylation sites (tertiary alicyclic amines) is 1. The maximum Gasteiger partial charge on any atom is 0.315 e. The summed E-state index contributed by atoms with van der Waals surface area (Å²) in [5.41, 5.74) is 0.585. The van der Waals surface area contributed by atoms with Gasteiger partial charge in [0, 0.05) is 25.7 Å². The molecule has 0 unspecified atom stereocenters. The largest absolute Gasteiger partial charge is 0.496 e. The van der Waals surface area contributed by atoms with Crippen LogP contribution >= 0.6 is 0 Å². The van der Waals surface area contributed by atoms with E-state index in [0.29, 0.717) is 30.9 Å². The van der Waals surface area contributed by atoms with Crippen molar-refractivity contribution in [3.05, 3.63) is 29.8 Å². The van der Waals surface area contributed by atoms with Gasteiger partial charge in [0.15, 0.2) is 0 Å². The van der Waals surface area contributed by atoms with E-state index < -0.39 is 0 Å². The van der Waals surface area contributed by atoms with Crippen molar-refractivity contribution < 1.29 is 14.3 Å². The van der Waals surface area contributed by atoms with Crippen LogP contribution in [0.1, 0.15) is 36.5 Å². The molecule has 0 radical (unpaired) electrons. The molecule has 6 heteroatoms. The first-order valence-corrected chi connectivity index (χ1v) is 8.12. The molecule has 1 aliphatic heterocycles. The van der Waals surface area contributed by atoms with Crippen molar-refractivity contribution in [3.8, 4) is 5.75 Å². The number of amides is 3. The molecule has 126 valence electrons. The number of carbonyl (C=O) groups is 2. The number of methoxy groups -OCH3 is 1. The summed E-state index contributed by atoms with van der Waals surface area (Å²) in [7, 11) is 1.57. The zero-order chi connectivity index (χ0) is 16.7. The Kier molecular flexibility index (Phi) is 6.26. The molecule has 2 N–H and O–H groups in total. The average Bonchev–Trinajstić information content (AvgIpc) is 2.60. The average molecular weight is 319 g/mol. The van der Waals surface area contributed by atoms with Gasteiger partial charge in [-0.1, -0.05) is 19.1 Å². The molecular formula is C17H25N3O3. The van der Waals surface area contributed by atoms with Crippen LogP contribution < -0.4 is 15.4 Å². The summed E-state index contributed by atoms with van der Waals surface area (Å²) in [6, 6.07) is 7.25. The van der Waals surface area contributed by atoms with Crippen molar-refractivity contribution in [1.82, 2.24) is 15.5 Å². The lowest BCUT2D eigenvalue weighted by Gasteiger charge is -2.32. The van der Waals surface area contributed by atoms with E-state index in [4.69, 9.17) is 4.74 Å². The number of nitrogens with one attached hydrogen (secondary N) is 2. The number of nitrogens with zero attached hydrogens (tertiary/aromatic N) is 1. The maximum absolute atomic E-state index is 12.6. The minimum Gasteiger partial charge on any atom is -0.496 e. The second-order valence-corrected chi connectivity index (χ2v) is 5.67. The van der Waals surface area contributed by atoms with Gasteiger partial charge in [0.05, 0.1) is 12.7 Å². The molecule has 3 amide bonds. The first kappa shape index (κ1) is 17.1. The van der Waals surface area contributed by atoms with E-state index >= 15 is 0 Å². The molecule has 0 atom stereocenters. The summed E-state index contributed by atoms with van der Waals surface area (Å²) in [4.78, 5) is 26.1. The Morgan fingerprint density at radius 1 is 1.26 bits per heavy atom. The van der Waals surface area contributed by atoms with Crippen LogP contribution in [0.5, 0.6) is 5.75 Å². The van der Waals surface area contributed by atoms with E-state index in [2.05, 4.69) is 10.6 Å². The summed E-state index contributed by atoms with van der Waals surface area (Å²) >= 11 is 0. The number of hydrogen-bond acceptors (Lipinski definition) is 3. The van der Waals surface area contributed by atoms with Gasteiger partial charge in [-0.25, -0.2) is 4.79 Å². The Balaban J connectivity index is 1.86. The number of benzene rings is 1. The molecule has 1 aromatic carbocycles. The van der Waals surface area contributed by atoms with Crippen LogP contribution in [0, 0.1) is 0 Å². The lowest BCUT2D eigenvalue weighted by molar-refractivity contribution is 0.0705. The van der Waals surface area contributed by atoms with Gasteiger partial charge in [0.1, 0.15) is 5.75 Å². The van der Waals surface area contributed by atoms with E-state index in [1.54, 1.807) is 19.2 Å². The predicted octanol–water partition coefficient (Wildman–Crippen LogP) is 2.01. The molecule has 0 aromatic heterocycles. The second-order valence-electron chi connectivity index (χ2n) is 5.67. The normalized spacial score (nSPS) is 15.1. The quantitative estimate of drug-likeness (QED) is 0.872. The molecular weight excluding hydrogens is 294 g/mol. The molecule has 23 heavy (non-hydrogen) atoms. The fraction of sp³-hybridized carbons (Fsp3) is 0.529. The van der Waals surface area contributed by atoms with Crippen molar-refractivity contribution in [2.75, 3.05) is 26.7 Å². The minimum absolute atomic E-state index is 0.0173. The van der Waals surface area contributed by atoms with E-state index in [1.807, 2.05) is 24.0 Å². The number of ether oxygens (including phenoxy) is 1. The van der Waals surface area contributed by atoms with Gasteiger partial charge in [-0.15, -0.1) is 0 Å². The van der Waals surface area contributed by atoms with Crippen molar-refractivity contribution in [2.45, 2.75) is 32.2 Å². The molecule has 6 nitrogen and oxygen atoms in total. The van der Waals surface area contributed by atoms with Crippen LogP contribution in [0.15, 0.2) is 24.3 Å². The molecule has 0 saturated carbocycles. The SMILES string of the molecule is CCCNC(=O)NC1CCN(C(=O)c2ccccc2OC)CC1. The Bertz CT molecular complexity index is 540. The zero-order valence-electron chi connectivity index (χ0n) is 13.8. The van der Waals surface area contributed by atoms with Crippen LogP contribution in [-0.4, -0.2) is 49.6 Å². The number of carbonyl (C=O) groups excluding carboxylic acids is 2. The maximum atomic E-state index is 12.6. The molecule has 0 spiro atoms. The van der Waals surface area contributed by atoms with Gasteiger partial charge in [-0.2, -0.15) is 0 Å². The molecule has 0 bridgehead atoms. The third-order valence-corrected chi connectivity index (χ3v) is 3.99. The number of rotatable bonds is 5. The van der Waals surface area contributed by atoms with Gasteiger partial charge >= 0.3 is 6.03 Å². The van der Waals surface area contributed by atoms with Crippen molar-refractivity contribution in [1.29, 1.82) is 0 Å². The summed E-state index contributed by atoms with van der Waals surface area (Å²) in [5.74, 6) is 0.577. The summed E-state index contributed by atoms with van der Waals surface area (Å²) < 4.78 is 5.26. The Hall–Kier alpha value is -2.24. The van der Waals surface area contributed by atoms with Crippen LogP contribution in [0.25, 0.3) is 0 Å². The summed E-state index contributed by atoms with van der Waals surface area (Å²) in [6.07, 6.45) is 2.44. The summed E-state index contributed by atoms with van der Waals surface area (Å²) in [6.45, 7) is 3.96. The van der Waals surface area contributed by atoms with Gasteiger partial charge in [0.25, 0.3) is 5.91 Å². The molecule has 1 fully saturated rings. The molecule has 2 rings (SSSR count). The molecule has 1 aromatic rings. The third kappa shape index (κ3) is 4.61. The first-order chi connectivity index (χ1) is 11.2. The van der Waals surface area contributed by atoms with Crippen LogP contribution in [-0.2, 0) is 0 Å². The fourth-order valence-electron chi connectivity index (χ4n) is 2.69.